The highest BCUT2D eigenvalue weighted by Crippen LogP contribution is 2.34. The smallest absolute Gasteiger partial charge is 0.389 e. The zero-order valence-electron chi connectivity index (χ0n) is 21.4. The lowest BCUT2D eigenvalue weighted by Crippen LogP contribution is -2.55. The first-order chi connectivity index (χ1) is 17.6. The van der Waals surface area contributed by atoms with Gasteiger partial charge in [-0.15, -0.1) is 0 Å². The Morgan fingerprint density at radius 1 is 1.05 bits per heavy atom. The third kappa shape index (κ3) is 9.12. The molecule has 1 heterocycles. The topological polar surface area (TPSA) is 154 Å². The summed E-state index contributed by atoms with van der Waals surface area (Å²) in [5.41, 5.74) is -2.34. The van der Waals surface area contributed by atoms with Crippen molar-refractivity contribution < 1.29 is 42.3 Å². The lowest BCUT2D eigenvalue weighted by Gasteiger charge is -2.29. The monoisotopic (exact) mass is 542 g/mol. The van der Waals surface area contributed by atoms with Crippen LogP contribution in [0, 0.1) is 11.3 Å². The molecule has 1 aliphatic heterocycles. The maximum Gasteiger partial charge on any atom is 0.418 e. The number of nitrogens with one attached hydrogen (secondary N) is 4. The van der Waals surface area contributed by atoms with Crippen molar-refractivity contribution in [3.05, 3.63) is 29.8 Å². The lowest BCUT2D eigenvalue weighted by atomic mass is 9.87. The number of benzene rings is 1. The predicted octanol–water partition coefficient (Wildman–Crippen LogP) is 1.53. The molecule has 1 aliphatic rings. The number of Topliss-reactive ketones (excluding diaryl/α,β-unsaturated/α-hetero) is 1. The number of halogens is 3. The molecule has 2 rings (SSSR count). The van der Waals surface area contributed by atoms with Gasteiger partial charge in [-0.25, -0.2) is 0 Å². The second-order valence-electron chi connectivity index (χ2n) is 10.3. The van der Waals surface area contributed by atoms with Crippen LogP contribution in [0.25, 0.3) is 0 Å². The Balaban J connectivity index is 2.18. The number of rotatable bonds is 9. The Hall–Kier alpha value is -3.48. The Morgan fingerprint density at radius 2 is 1.71 bits per heavy atom. The van der Waals surface area contributed by atoms with Crippen LogP contribution in [-0.2, 0) is 30.1 Å². The molecule has 38 heavy (non-hydrogen) atoms. The first-order valence-corrected chi connectivity index (χ1v) is 12.1. The van der Waals surface area contributed by atoms with Gasteiger partial charge in [0.15, 0.2) is 5.78 Å². The number of aliphatic hydroxyl groups excluding tert-OH is 1. The van der Waals surface area contributed by atoms with Gasteiger partial charge in [0.1, 0.15) is 12.6 Å². The van der Waals surface area contributed by atoms with Crippen LogP contribution in [0.2, 0.25) is 0 Å². The summed E-state index contributed by atoms with van der Waals surface area (Å²) in [6.07, 6.45) is -3.68. The highest BCUT2D eigenvalue weighted by molar-refractivity contribution is 6.40. The van der Waals surface area contributed by atoms with E-state index in [2.05, 4.69) is 16.0 Å². The maximum atomic E-state index is 13.2. The normalized spacial score (nSPS) is 17.6. The molecule has 5 N–H and O–H groups in total. The van der Waals surface area contributed by atoms with Crippen molar-refractivity contribution in [2.24, 2.45) is 11.3 Å². The first-order valence-electron chi connectivity index (χ1n) is 12.1. The summed E-state index contributed by atoms with van der Waals surface area (Å²) in [6, 6.07) is 1.54. The van der Waals surface area contributed by atoms with Gasteiger partial charge < -0.3 is 26.4 Å². The van der Waals surface area contributed by atoms with Gasteiger partial charge in [-0.1, -0.05) is 32.9 Å². The van der Waals surface area contributed by atoms with E-state index in [1.165, 1.54) is 6.07 Å². The van der Waals surface area contributed by atoms with E-state index in [4.69, 9.17) is 0 Å². The second-order valence-corrected chi connectivity index (χ2v) is 10.3. The van der Waals surface area contributed by atoms with Crippen molar-refractivity contribution in [3.8, 4) is 0 Å². The minimum Gasteiger partial charge on any atom is -0.389 e. The molecule has 0 bridgehead atoms. The van der Waals surface area contributed by atoms with Gasteiger partial charge in [0.05, 0.1) is 17.3 Å². The molecule has 3 atom stereocenters. The first kappa shape index (κ1) is 30.7. The molecule has 4 amide bonds. The van der Waals surface area contributed by atoms with Crippen molar-refractivity contribution in [2.75, 3.05) is 18.5 Å². The second kappa shape index (κ2) is 12.9. The fourth-order valence-electron chi connectivity index (χ4n) is 4.06. The number of amides is 4. The van der Waals surface area contributed by atoms with Crippen LogP contribution in [0.5, 0.6) is 0 Å². The van der Waals surface area contributed by atoms with Crippen LogP contribution in [0.3, 0.4) is 0 Å². The summed E-state index contributed by atoms with van der Waals surface area (Å²) in [5.74, 6) is -5.21. The van der Waals surface area contributed by atoms with Gasteiger partial charge >= 0.3 is 18.0 Å². The number of alkyl halides is 3. The van der Waals surface area contributed by atoms with Crippen LogP contribution in [0.4, 0.5) is 18.9 Å². The van der Waals surface area contributed by atoms with Gasteiger partial charge in [0, 0.05) is 12.5 Å². The SMILES string of the molecule is CC(C)(C)C[C@H](NC(=O)C(=O)Nc1ccccc1C(F)(F)F)C(=O)NC(CC1CCCNC1=O)C(=O)CO. The number of piperidine rings is 1. The number of hydrogen-bond acceptors (Lipinski definition) is 6. The molecule has 0 radical (unpaired) electrons. The maximum absolute atomic E-state index is 13.2. The van der Waals surface area contributed by atoms with Crippen molar-refractivity contribution in [1.29, 1.82) is 0 Å². The van der Waals surface area contributed by atoms with Gasteiger partial charge in [-0.3, -0.25) is 24.0 Å². The van der Waals surface area contributed by atoms with Crippen molar-refractivity contribution in [1.82, 2.24) is 16.0 Å². The van der Waals surface area contributed by atoms with Crippen molar-refractivity contribution in [2.45, 2.75) is 64.7 Å². The third-order valence-electron chi connectivity index (χ3n) is 5.91. The quantitative estimate of drug-likeness (QED) is 0.298. The molecule has 1 aromatic rings. The van der Waals surface area contributed by atoms with Crippen LogP contribution < -0.4 is 21.3 Å². The summed E-state index contributed by atoms with van der Waals surface area (Å²) in [7, 11) is 0. The minimum atomic E-state index is -4.78. The molecule has 1 saturated heterocycles. The molecule has 1 fully saturated rings. The standard InChI is InChI=1S/C25H33F3N4O6/c1-24(2,3)12-18(21(36)31-17(19(34)13-33)11-14-7-6-10-29-20(14)35)32-23(38)22(37)30-16-9-5-4-8-15(16)25(26,27)28/h4-5,8-9,14,17-18,33H,6-7,10-13H2,1-3H3,(H,29,35)(H,30,37)(H,31,36)(H,32,38)/t14?,17?,18-/m0/s1. The average molecular weight is 543 g/mol. The van der Waals surface area contributed by atoms with Crippen LogP contribution in [0.1, 0.15) is 52.0 Å². The van der Waals surface area contributed by atoms with E-state index in [1.807, 2.05) is 5.32 Å². The van der Waals surface area contributed by atoms with E-state index < -0.39 is 71.0 Å². The van der Waals surface area contributed by atoms with Crippen molar-refractivity contribution >= 4 is 35.1 Å². The summed E-state index contributed by atoms with van der Waals surface area (Å²) in [6.45, 7) is 4.86. The number of carbonyl (C=O) groups is 5. The van der Waals surface area contributed by atoms with Gasteiger partial charge in [-0.05, 0) is 43.2 Å². The summed E-state index contributed by atoms with van der Waals surface area (Å²) in [5, 5.41) is 18.7. The molecule has 2 unspecified atom stereocenters. The summed E-state index contributed by atoms with van der Waals surface area (Å²) >= 11 is 0. The average Bonchev–Trinajstić information content (AvgIpc) is 2.82. The van der Waals surface area contributed by atoms with E-state index in [0.717, 1.165) is 18.2 Å². The molecule has 1 aromatic carbocycles. The van der Waals surface area contributed by atoms with Crippen LogP contribution >= 0.6 is 0 Å². The van der Waals surface area contributed by atoms with Crippen molar-refractivity contribution in [3.63, 3.8) is 0 Å². The fourth-order valence-corrected chi connectivity index (χ4v) is 4.06. The molecular weight excluding hydrogens is 509 g/mol. The largest absolute Gasteiger partial charge is 0.418 e. The van der Waals surface area contributed by atoms with E-state index in [9.17, 15) is 42.3 Å². The number of para-hydroxylation sites is 1. The molecular formula is C25H33F3N4O6. The van der Waals surface area contributed by atoms with E-state index in [1.54, 1.807) is 20.8 Å². The summed E-state index contributed by atoms with van der Waals surface area (Å²) in [4.78, 5) is 62.7. The van der Waals surface area contributed by atoms with Gasteiger partial charge in [0.2, 0.25) is 11.8 Å². The molecule has 13 heteroatoms. The Morgan fingerprint density at radius 3 is 2.29 bits per heavy atom. The molecule has 0 saturated carbocycles. The number of aliphatic hydroxyl groups is 1. The van der Waals surface area contributed by atoms with Crippen LogP contribution in [-0.4, -0.2) is 59.8 Å². The Kier molecular flexibility index (Phi) is 10.4. The summed E-state index contributed by atoms with van der Waals surface area (Å²) < 4.78 is 39.7. The number of carbonyl (C=O) groups excluding carboxylic acids is 5. The zero-order valence-corrected chi connectivity index (χ0v) is 21.4. The molecule has 0 aromatic heterocycles. The van der Waals surface area contributed by atoms with E-state index in [-0.39, 0.29) is 18.7 Å². The third-order valence-corrected chi connectivity index (χ3v) is 5.91. The fraction of sp³-hybridized carbons (Fsp3) is 0.560. The highest BCUT2D eigenvalue weighted by atomic mass is 19.4. The molecule has 0 aliphatic carbocycles. The Labute approximate surface area is 218 Å². The van der Waals surface area contributed by atoms with E-state index in [0.29, 0.717) is 19.4 Å². The Bertz CT molecular complexity index is 1050. The lowest BCUT2D eigenvalue weighted by molar-refractivity contribution is -0.139. The zero-order chi connectivity index (χ0) is 28.7. The molecule has 10 nitrogen and oxygen atoms in total. The van der Waals surface area contributed by atoms with Gasteiger partial charge in [-0.2, -0.15) is 13.2 Å². The molecule has 0 spiro atoms. The predicted molar refractivity (Wildman–Crippen MR) is 130 cm³/mol. The number of anilines is 1. The number of hydrogen-bond donors (Lipinski definition) is 5. The van der Waals surface area contributed by atoms with Crippen LogP contribution in [0.15, 0.2) is 24.3 Å². The van der Waals surface area contributed by atoms with E-state index >= 15 is 0 Å². The highest BCUT2D eigenvalue weighted by Gasteiger charge is 2.36. The number of ketones is 1. The minimum absolute atomic E-state index is 0.000934. The van der Waals surface area contributed by atoms with Gasteiger partial charge in [0.25, 0.3) is 0 Å². The molecule has 210 valence electrons.